The second-order valence-electron chi connectivity index (χ2n) is 3.58. The van der Waals surface area contributed by atoms with E-state index in [1.54, 1.807) is 6.07 Å². The van der Waals surface area contributed by atoms with Crippen LogP contribution in [0.2, 0.25) is 0 Å². The zero-order valence-electron chi connectivity index (χ0n) is 9.17. The molecule has 0 radical (unpaired) electrons. The smallest absolute Gasteiger partial charge is 0.270 e. The van der Waals surface area contributed by atoms with Crippen molar-refractivity contribution in [2.24, 2.45) is 5.73 Å². The van der Waals surface area contributed by atoms with E-state index in [0.717, 1.165) is 10.6 Å². The number of carbonyl (C=O) groups excluding carboxylic acids is 1. The number of nitrogens with zero attached hydrogens (tertiary/aromatic N) is 2. The molecule has 0 aliphatic carbocycles. The Morgan fingerprint density at radius 2 is 2.29 bits per heavy atom. The molecule has 3 N–H and O–H groups in total. The predicted octanol–water partition coefficient (Wildman–Crippen LogP) is 0.0614. The van der Waals surface area contributed by atoms with Gasteiger partial charge in [-0.05, 0) is 18.1 Å². The van der Waals surface area contributed by atoms with Gasteiger partial charge in [-0.25, -0.2) is 4.98 Å². The molecule has 1 amide bonds. The largest absolute Gasteiger partial charge is 0.504 e. The van der Waals surface area contributed by atoms with Crippen LogP contribution >= 0.6 is 0 Å². The summed E-state index contributed by atoms with van der Waals surface area (Å²) in [6.07, 6.45) is 3.17. The third kappa shape index (κ3) is 1.63. The van der Waals surface area contributed by atoms with E-state index in [1.807, 2.05) is 6.92 Å². The van der Waals surface area contributed by atoms with Crippen LogP contribution in [-0.2, 0) is 6.42 Å². The molecule has 6 heteroatoms. The maximum absolute atomic E-state index is 11.8. The first kappa shape index (κ1) is 11.1. The highest BCUT2D eigenvalue weighted by Crippen LogP contribution is 2.20. The number of aromatic hydroxyl groups is 1. The highest BCUT2D eigenvalue weighted by molar-refractivity contribution is 5.92. The van der Waals surface area contributed by atoms with Gasteiger partial charge in [0.2, 0.25) is 0 Å². The number of amides is 1. The van der Waals surface area contributed by atoms with Gasteiger partial charge in [0.15, 0.2) is 11.4 Å². The molecule has 88 valence electrons. The fourth-order valence-electron chi connectivity index (χ4n) is 1.62. The van der Waals surface area contributed by atoms with Gasteiger partial charge in [-0.1, -0.05) is 6.92 Å². The quantitative estimate of drug-likeness (QED) is 0.766. The first-order valence-electron chi connectivity index (χ1n) is 5.08. The molecular weight excluding hydrogens is 222 g/mol. The Kier molecular flexibility index (Phi) is 2.55. The summed E-state index contributed by atoms with van der Waals surface area (Å²) in [6.45, 7) is 1.88. The summed E-state index contributed by atoms with van der Waals surface area (Å²) in [4.78, 5) is 26.7. The summed E-state index contributed by atoms with van der Waals surface area (Å²) in [5.74, 6) is -0.890. The standard InChI is InChI=1S/C11H11N3O3/c1-2-6-3-4-14-10(8(6)15)13-5-7(9(12)16)11(14)17/h3-5,15H,2H2,1H3,(H2,12,16). The van der Waals surface area contributed by atoms with Crippen molar-refractivity contribution in [3.63, 3.8) is 0 Å². The van der Waals surface area contributed by atoms with Crippen molar-refractivity contribution in [3.05, 3.63) is 39.9 Å². The lowest BCUT2D eigenvalue weighted by Gasteiger charge is -2.06. The minimum Gasteiger partial charge on any atom is -0.504 e. The normalized spacial score (nSPS) is 10.6. The highest BCUT2D eigenvalue weighted by atomic mass is 16.3. The molecule has 2 aromatic rings. The SMILES string of the molecule is CCc1ccn2c(=O)c(C(N)=O)cnc2c1O. The second kappa shape index (κ2) is 3.89. The summed E-state index contributed by atoms with van der Waals surface area (Å²) in [7, 11) is 0. The zero-order valence-corrected chi connectivity index (χ0v) is 9.17. The summed E-state index contributed by atoms with van der Waals surface area (Å²) in [6, 6.07) is 1.61. The van der Waals surface area contributed by atoms with Crippen LogP contribution < -0.4 is 11.3 Å². The Morgan fingerprint density at radius 3 is 2.88 bits per heavy atom. The zero-order chi connectivity index (χ0) is 12.6. The molecule has 0 bridgehead atoms. The minimum absolute atomic E-state index is 0.0527. The van der Waals surface area contributed by atoms with Crippen molar-refractivity contribution in [1.82, 2.24) is 9.38 Å². The van der Waals surface area contributed by atoms with E-state index in [9.17, 15) is 14.7 Å². The number of carbonyl (C=O) groups is 1. The fourth-order valence-corrected chi connectivity index (χ4v) is 1.62. The van der Waals surface area contributed by atoms with Gasteiger partial charge >= 0.3 is 0 Å². The van der Waals surface area contributed by atoms with Crippen molar-refractivity contribution in [2.75, 3.05) is 0 Å². The van der Waals surface area contributed by atoms with E-state index < -0.39 is 11.5 Å². The van der Waals surface area contributed by atoms with Crippen molar-refractivity contribution >= 4 is 11.6 Å². The van der Waals surface area contributed by atoms with Gasteiger partial charge in [-0.3, -0.25) is 14.0 Å². The summed E-state index contributed by atoms with van der Waals surface area (Å²) in [5.41, 5.74) is 5.07. The number of aromatic nitrogens is 2. The van der Waals surface area contributed by atoms with Crippen LogP contribution in [0.3, 0.4) is 0 Å². The Balaban J connectivity index is 2.86. The van der Waals surface area contributed by atoms with Crippen molar-refractivity contribution in [3.8, 4) is 5.75 Å². The lowest BCUT2D eigenvalue weighted by molar-refractivity contribution is 0.0998. The van der Waals surface area contributed by atoms with Gasteiger partial charge < -0.3 is 10.8 Å². The lowest BCUT2D eigenvalue weighted by atomic mass is 10.2. The highest BCUT2D eigenvalue weighted by Gasteiger charge is 2.13. The van der Waals surface area contributed by atoms with Crippen LogP contribution in [0, 0.1) is 0 Å². The molecular formula is C11H11N3O3. The average molecular weight is 233 g/mol. The van der Waals surface area contributed by atoms with Crippen LogP contribution in [0.1, 0.15) is 22.8 Å². The first-order chi connectivity index (χ1) is 8.06. The second-order valence-corrected chi connectivity index (χ2v) is 3.58. The van der Waals surface area contributed by atoms with Crippen molar-refractivity contribution < 1.29 is 9.90 Å². The Morgan fingerprint density at radius 1 is 1.59 bits per heavy atom. The number of fused-ring (bicyclic) bond motifs is 1. The van der Waals surface area contributed by atoms with Crippen LogP contribution in [0.4, 0.5) is 0 Å². The molecule has 0 aromatic carbocycles. The Labute approximate surface area is 96.3 Å². The third-order valence-corrected chi connectivity index (χ3v) is 2.58. The van der Waals surface area contributed by atoms with Crippen LogP contribution in [0.25, 0.3) is 5.65 Å². The van der Waals surface area contributed by atoms with E-state index >= 15 is 0 Å². The predicted molar refractivity (Wildman–Crippen MR) is 61.0 cm³/mol. The molecule has 0 fully saturated rings. The molecule has 2 heterocycles. The number of aryl methyl sites for hydroxylation is 1. The Hall–Kier alpha value is -2.37. The van der Waals surface area contributed by atoms with Gasteiger partial charge in [-0.2, -0.15) is 0 Å². The minimum atomic E-state index is -0.837. The lowest BCUT2D eigenvalue weighted by Crippen LogP contribution is -2.27. The number of hydrogen-bond acceptors (Lipinski definition) is 4. The van der Waals surface area contributed by atoms with E-state index in [4.69, 9.17) is 5.73 Å². The van der Waals surface area contributed by atoms with Crippen molar-refractivity contribution in [1.29, 1.82) is 0 Å². The molecule has 0 aliphatic rings. The molecule has 17 heavy (non-hydrogen) atoms. The van der Waals surface area contributed by atoms with Crippen LogP contribution in [0.15, 0.2) is 23.3 Å². The number of rotatable bonds is 2. The molecule has 0 atom stereocenters. The average Bonchev–Trinajstić information content (AvgIpc) is 2.30. The van der Waals surface area contributed by atoms with Crippen LogP contribution in [0.5, 0.6) is 5.75 Å². The van der Waals surface area contributed by atoms with Gasteiger partial charge in [-0.15, -0.1) is 0 Å². The van der Waals surface area contributed by atoms with Gasteiger partial charge in [0.25, 0.3) is 11.5 Å². The third-order valence-electron chi connectivity index (χ3n) is 2.58. The summed E-state index contributed by atoms with van der Waals surface area (Å²) >= 11 is 0. The van der Waals surface area contributed by atoms with Gasteiger partial charge in [0.1, 0.15) is 5.56 Å². The van der Waals surface area contributed by atoms with E-state index in [2.05, 4.69) is 4.98 Å². The first-order valence-corrected chi connectivity index (χ1v) is 5.08. The molecule has 0 spiro atoms. The molecule has 2 aromatic heterocycles. The van der Waals surface area contributed by atoms with E-state index in [-0.39, 0.29) is 17.0 Å². The van der Waals surface area contributed by atoms with Gasteiger partial charge in [0, 0.05) is 12.4 Å². The molecule has 2 rings (SSSR count). The Bertz CT molecular complexity index is 661. The molecule has 0 saturated heterocycles. The topological polar surface area (TPSA) is 97.7 Å². The molecule has 0 aliphatic heterocycles. The number of hydrogen-bond donors (Lipinski definition) is 2. The maximum atomic E-state index is 11.8. The van der Waals surface area contributed by atoms with Crippen LogP contribution in [-0.4, -0.2) is 20.4 Å². The summed E-state index contributed by atoms with van der Waals surface area (Å²) in [5, 5.41) is 9.87. The molecule has 6 nitrogen and oxygen atoms in total. The van der Waals surface area contributed by atoms with E-state index in [0.29, 0.717) is 12.0 Å². The maximum Gasteiger partial charge on any atom is 0.270 e. The number of primary amides is 1. The van der Waals surface area contributed by atoms with E-state index in [1.165, 1.54) is 6.20 Å². The monoisotopic (exact) mass is 233 g/mol. The summed E-state index contributed by atoms with van der Waals surface area (Å²) < 4.78 is 1.11. The molecule has 0 saturated carbocycles. The fraction of sp³-hybridized carbons (Fsp3) is 0.182. The number of nitrogens with two attached hydrogens (primary N) is 1. The van der Waals surface area contributed by atoms with Crippen molar-refractivity contribution in [2.45, 2.75) is 13.3 Å². The number of pyridine rings is 1. The van der Waals surface area contributed by atoms with Gasteiger partial charge in [0.05, 0.1) is 0 Å². The molecule has 0 unspecified atom stereocenters.